The maximum absolute atomic E-state index is 12.6. The average Bonchev–Trinajstić information content (AvgIpc) is 2.46. The van der Waals surface area contributed by atoms with E-state index in [1.54, 1.807) is 23.1 Å². The molecule has 1 aliphatic rings. The number of nitrogen functional groups attached to an aromatic ring is 2. The molecule has 1 heterocycles. The molecule has 5 heteroatoms. The summed E-state index contributed by atoms with van der Waals surface area (Å²) in [7, 11) is 0. The highest BCUT2D eigenvalue weighted by Gasteiger charge is 2.25. The molecule has 0 radical (unpaired) electrons. The second kappa shape index (κ2) is 4.77. The summed E-state index contributed by atoms with van der Waals surface area (Å²) < 4.78 is 5.54. The van der Waals surface area contributed by atoms with Crippen LogP contribution < -0.4 is 21.1 Å². The predicted octanol–water partition coefficient (Wildman–Crippen LogP) is 1.89. The minimum Gasteiger partial charge on any atom is -0.490 e. The van der Waals surface area contributed by atoms with E-state index in [2.05, 4.69) is 0 Å². The number of carbonyl (C=O) groups is 1. The Balaban J connectivity index is 2.00. The van der Waals surface area contributed by atoms with Gasteiger partial charge in [0.15, 0.2) is 0 Å². The lowest BCUT2D eigenvalue weighted by atomic mass is 10.1. The number of nitrogens with zero attached hydrogens (tertiary/aromatic N) is 1. The molecule has 0 saturated heterocycles. The van der Waals surface area contributed by atoms with Gasteiger partial charge in [-0.3, -0.25) is 4.79 Å². The van der Waals surface area contributed by atoms with Crippen LogP contribution in [-0.4, -0.2) is 19.1 Å². The zero-order valence-electron chi connectivity index (χ0n) is 10.9. The molecular formula is C15H15N3O2. The quantitative estimate of drug-likeness (QED) is 0.775. The Morgan fingerprint density at radius 1 is 1.15 bits per heavy atom. The van der Waals surface area contributed by atoms with E-state index < -0.39 is 0 Å². The largest absolute Gasteiger partial charge is 0.490 e. The lowest BCUT2D eigenvalue weighted by Crippen LogP contribution is -2.38. The SMILES string of the molecule is Nc1ccc(C(=O)N2CCOc3ccccc32)c(N)c1. The van der Waals surface area contributed by atoms with Gasteiger partial charge in [0.1, 0.15) is 12.4 Å². The number of ether oxygens (including phenoxy) is 1. The molecule has 0 unspecified atom stereocenters. The summed E-state index contributed by atoms with van der Waals surface area (Å²) in [6.45, 7) is 0.970. The first kappa shape index (κ1) is 12.3. The molecule has 1 amide bonds. The van der Waals surface area contributed by atoms with Crippen molar-refractivity contribution in [2.45, 2.75) is 0 Å². The van der Waals surface area contributed by atoms with E-state index in [1.807, 2.05) is 24.3 Å². The third-order valence-electron chi connectivity index (χ3n) is 3.28. The summed E-state index contributed by atoms with van der Waals surface area (Å²) in [5.74, 6) is 0.569. The number of fused-ring (bicyclic) bond motifs is 1. The highest BCUT2D eigenvalue weighted by Crippen LogP contribution is 2.32. The van der Waals surface area contributed by atoms with Gasteiger partial charge in [0.05, 0.1) is 17.8 Å². The summed E-state index contributed by atoms with van der Waals surface area (Å²) in [6.07, 6.45) is 0. The number of hydrogen-bond acceptors (Lipinski definition) is 4. The van der Waals surface area contributed by atoms with Crippen molar-refractivity contribution in [1.29, 1.82) is 0 Å². The molecule has 3 rings (SSSR count). The fourth-order valence-corrected chi connectivity index (χ4v) is 2.30. The topological polar surface area (TPSA) is 81.6 Å². The Bertz CT molecular complexity index is 670. The molecule has 20 heavy (non-hydrogen) atoms. The average molecular weight is 269 g/mol. The summed E-state index contributed by atoms with van der Waals surface area (Å²) in [6, 6.07) is 12.4. The zero-order chi connectivity index (χ0) is 14.1. The van der Waals surface area contributed by atoms with Crippen LogP contribution in [0.15, 0.2) is 42.5 Å². The maximum atomic E-state index is 12.6. The van der Waals surface area contributed by atoms with Crippen LogP contribution in [0.3, 0.4) is 0 Å². The molecular weight excluding hydrogens is 254 g/mol. The van der Waals surface area contributed by atoms with Crippen LogP contribution in [0.25, 0.3) is 0 Å². The summed E-state index contributed by atoms with van der Waals surface area (Å²) in [5.41, 5.74) is 13.7. The van der Waals surface area contributed by atoms with Gasteiger partial charge < -0.3 is 21.1 Å². The number of para-hydroxylation sites is 2. The van der Waals surface area contributed by atoms with Crippen molar-refractivity contribution >= 4 is 23.0 Å². The molecule has 5 nitrogen and oxygen atoms in total. The minimum absolute atomic E-state index is 0.141. The van der Waals surface area contributed by atoms with Gasteiger partial charge >= 0.3 is 0 Å². The summed E-state index contributed by atoms with van der Waals surface area (Å²) in [4.78, 5) is 14.3. The van der Waals surface area contributed by atoms with E-state index in [0.717, 1.165) is 5.69 Å². The standard InChI is InChI=1S/C15H15N3O2/c16-10-5-6-11(12(17)9-10)15(19)18-7-8-20-14-4-2-1-3-13(14)18/h1-6,9H,7-8,16-17H2. The van der Waals surface area contributed by atoms with E-state index in [1.165, 1.54) is 0 Å². The molecule has 0 fully saturated rings. The first-order valence-corrected chi connectivity index (χ1v) is 6.35. The Morgan fingerprint density at radius 3 is 2.75 bits per heavy atom. The number of anilines is 3. The van der Waals surface area contributed by atoms with Crippen LogP contribution in [0.5, 0.6) is 5.75 Å². The predicted molar refractivity (Wildman–Crippen MR) is 78.9 cm³/mol. The van der Waals surface area contributed by atoms with E-state index in [0.29, 0.717) is 35.8 Å². The Hall–Kier alpha value is -2.69. The molecule has 0 saturated carbocycles. The van der Waals surface area contributed by atoms with Gasteiger partial charge in [-0.2, -0.15) is 0 Å². The number of nitrogens with two attached hydrogens (primary N) is 2. The molecule has 0 spiro atoms. The van der Waals surface area contributed by atoms with Gasteiger partial charge in [-0.25, -0.2) is 0 Å². The maximum Gasteiger partial charge on any atom is 0.260 e. The molecule has 1 aliphatic heterocycles. The molecule has 2 aromatic carbocycles. The van der Waals surface area contributed by atoms with E-state index in [9.17, 15) is 4.79 Å². The molecule has 0 atom stereocenters. The number of carbonyl (C=O) groups excluding carboxylic acids is 1. The van der Waals surface area contributed by atoms with Gasteiger partial charge in [-0.05, 0) is 30.3 Å². The fourth-order valence-electron chi connectivity index (χ4n) is 2.30. The van der Waals surface area contributed by atoms with Gasteiger partial charge in [0.25, 0.3) is 5.91 Å². The normalized spacial score (nSPS) is 13.5. The molecule has 2 aromatic rings. The zero-order valence-corrected chi connectivity index (χ0v) is 10.9. The molecule has 0 aromatic heterocycles. The first-order valence-electron chi connectivity index (χ1n) is 6.35. The number of hydrogen-bond donors (Lipinski definition) is 2. The second-order valence-electron chi connectivity index (χ2n) is 4.62. The molecule has 4 N–H and O–H groups in total. The van der Waals surface area contributed by atoms with Crippen molar-refractivity contribution < 1.29 is 9.53 Å². The number of amides is 1. The molecule has 0 aliphatic carbocycles. The molecule has 102 valence electrons. The van der Waals surface area contributed by atoms with Crippen molar-refractivity contribution in [2.75, 3.05) is 29.5 Å². The third kappa shape index (κ3) is 2.03. The Labute approximate surface area is 116 Å². The number of rotatable bonds is 1. The van der Waals surface area contributed by atoms with Crippen LogP contribution in [0, 0.1) is 0 Å². The third-order valence-corrected chi connectivity index (χ3v) is 3.28. The van der Waals surface area contributed by atoms with Crippen molar-refractivity contribution in [2.24, 2.45) is 0 Å². The molecule has 0 bridgehead atoms. The van der Waals surface area contributed by atoms with Crippen molar-refractivity contribution in [3.8, 4) is 5.75 Å². The Kier molecular flexibility index (Phi) is 2.95. The highest BCUT2D eigenvalue weighted by atomic mass is 16.5. The van der Waals surface area contributed by atoms with Gasteiger partial charge in [0.2, 0.25) is 0 Å². The lowest BCUT2D eigenvalue weighted by Gasteiger charge is -2.29. The van der Waals surface area contributed by atoms with Crippen LogP contribution in [-0.2, 0) is 0 Å². The van der Waals surface area contributed by atoms with Crippen molar-refractivity contribution in [1.82, 2.24) is 0 Å². The summed E-state index contributed by atoms with van der Waals surface area (Å²) >= 11 is 0. The minimum atomic E-state index is -0.141. The van der Waals surface area contributed by atoms with Crippen LogP contribution in [0.4, 0.5) is 17.1 Å². The van der Waals surface area contributed by atoms with Crippen LogP contribution in [0.2, 0.25) is 0 Å². The van der Waals surface area contributed by atoms with Gasteiger partial charge in [-0.15, -0.1) is 0 Å². The van der Waals surface area contributed by atoms with E-state index >= 15 is 0 Å². The van der Waals surface area contributed by atoms with Crippen LogP contribution >= 0.6 is 0 Å². The van der Waals surface area contributed by atoms with E-state index in [4.69, 9.17) is 16.2 Å². The van der Waals surface area contributed by atoms with Crippen molar-refractivity contribution in [3.63, 3.8) is 0 Å². The second-order valence-corrected chi connectivity index (χ2v) is 4.62. The Morgan fingerprint density at radius 2 is 1.95 bits per heavy atom. The van der Waals surface area contributed by atoms with Gasteiger partial charge in [0, 0.05) is 11.4 Å². The number of benzene rings is 2. The van der Waals surface area contributed by atoms with E-state index in [-0.39, 0.29) is 5.91 Å². The summed E-state index contributed by atoms with van der Waals surface area (Å²) in [5, 5.41) is 0. The van der Waals surface area contributed by atoms with Crippen LogP contribution in [0.1, 0.15) is 10.4 Å². The smallest absolute Gasteiger partial charge is 0.260 e. The van der Waals surface area contributed by atoms with Gasteiger partial charge in [-0.1, -0.05) is 12.1 Å². The fraction of sp³-hybridized carbons (Fsp3) is 0.133. The van der Waals surface area contributed by atoms with Crippen molar-refractivity contribution in [3.05, 3.63) is 48.0 Å². The monoisotopic (exact) mass is 269 g/mol. The first-order chi connectivity index (χ1) is 9.66. The highest BCUT2D eigenvalue weighted by molar-refractivity contribution is 6.10. The lowest BCUT2D eigenvalue weighted by molar-refractivity contribution is 0.0977.